The lowest BCUT2D eigenvalue weighted by molar-refractivity contribution is -0.121. The normalized spacial score (nSPS) is 10.9. The molecule has 1 N–H and O–H groups in total. The van der Waals surface area contributed by atoms with E-state index in [-0.39, 0.29) is 11.8 Å². The van der Waals surface area contributed by atoms with Gasteiger partial charge in [-0.15, -0.1) is 0 Å². The first kappa shape index (κ1) is 23.4. The van der Waals surface area contributed by atoms with Crippen molar-refractivity contribution in [1.29, 1.82) is 0 Å². The first-order valence-electron chi connectivity index (χ1n) is 12.3. The zero-order valence-corrected chi connectivity index (χ0v) is 20.1. The van der Waals surface area contributed by atoms with Gasteiger partial charge in [-0.1, -0.05) is 121 Å². The Hall–Kier alpha value is -4.37. The molecule has 0 radical (unpaired) electrons. The van der Waals surface area contributed by atoms with Gasteiger partial charge in [-0.05, 0) is 40.1 Å². The maximum Gasteiger partial charge on any atom is 0.232 e. The Balaban J connectivity index is 1.29. The fourth-order valence-electron chi connectivity index (χ4n) is 4.63. The van der Waals surface area contributed by atoms with Crippen molar-refractivity contribution in [3.05, 3.63) is 150 Å². The van der Waals surface area contributed by atoms with Crippen LogP contribution in [-0.4, -0.2) is 12.5 Å². The standard InChI is InChI=1S/C33H29NO2/c35-33(32(27-14-6-2-7-15-27)28-16-8-3-9-17-28)34-23-22-26-18-10-20-30-29(26)19-11-21-31(30)36-24-25-12-4-1-5-13-25/h1-21,32H,22-24H2,(H,34,35). The van der Waals surface area contributed by atoms with Gasteiger partial charge >= 0.3 is 0 Å². The molecule has 0 heterocycles. The molecule has 0 aromatic heterocycles. The van der Waals surface area contributed by atoms with Gasteiger partial charge in [-0.3, -0.25) is 4.79 Å². The van der Waals surface area contributed by atoms with Crippen LogP contribution in [0.2, 0.25) is 0 Å². The Morgan fingerprint density at radius 1 is 0.639 bits per heavy atom. The van der Waals surface area contributed by atoms with Crippen molar-refractivity contribution in [3.8, 4) is 5.75 Å². The minimum absolute atomic E-state index is 0.0134. The predicted octanol–water partition coefficient (Wildman–Crippen LogP) is 6.91. The molecule has 0 aliphatic heterocycles. The third kappa shape index (κ3) is 5.47. The highest BCUT2D eigenvalue weighted by Gasteiger charge is 2.22. The highest BCUT2D eigenvalue weighted by molar-refractivity contribution is 5.91. The molecule has 0 saturated carbocycles. The van der Waals surface area contributed by atoms with Gasteiger partial charge in [-0.25, -0.2) is 0 Å². The van der Waals surface area contributed by atoms with E-state index in [0.717, 1.165) is 39.6 Å². The Morgan fingerprint density at radius 2 is 1.22 bits per heavy atom. The van der Waals surface area contributed by atoms with Crippen LogP contribution in [0.1, 0.15) is 28.2 Å². The Labute approximate surface area is 212 Å². The second kappa shape index (κ2) is 11.4. The number of nitrogens with one attached hydrogen (secondary N) is 1. The van der Waals surface area contributed by atoms with Gasteiger partial charge in [0.2, 0.25) is 5.91 Å². The number of fused-ring (bicyclic) bond motifs is 1. The molecular formula is C33H29NO2. The lowest BCUT2D eigenvalue weighted by atomic mass is 9.90. The number of hydrogen-bond acceptors (Lipinski definition) is 2. The Kier molecular flexibility index (Phi) is 7.38. The van der Waals surface area contributed by atoms with E-state index in [4.69, 9.17) is 4.74 Å². The highest BCUT2D eigenvalue weighted by atomic mass is 16.5. The van der Waals surface area contributed by atoms with Gasteiger partial charge in [0, 0.05) is 11.9 Å². The molecule has 0 unspecified atom stereocenters. The van der Waals surface area contributed by atoms with E-state index in [0.29, 0.717) is 13.2 Å². The summed E-state index contributed by atoms with van der Waals surface area (Å²) in [4.78, 5) is 13.3. The van der Waals surface area contributed by atoms with Gasteiger partial charge in [0.1, 0.15) is 12.4 Å². The van der Waals surface area contributed by atoms with E-state index in [1.165, 1.54) is 5.56 Å². The molecule has 36 heavy (non-hydrogen) atoms. The summed E-state index contributed by atoms with van der Waals surface area (Å²) in [6, 6.07) is 42.6. The second-order valence-corrected chi connectivity index (χ2v) is 8.84. The quantitative estimate of drug-likeness (QED) is 0.254. The van der Waals surface area contributed by atoms with Crippen LogP contribution >= 0.6 is 0 Å². The second-order valence-electron chi connectivity index (χ2n) is 8.84. The maximum atomic E-state index is 13.3. The highest BCUT2D eigenvalue weighted by Crippen LogP contribution is 2.29. The Bertz CT molecular complexity index is 1380. The van der Waals surface area contributed by atoms with Gasteiger partial charge in [-0.2, -0.15) is 0 Å². The minimum atomic E-state index is -0.335. The van der Waals surface area contributed by atoms with Crippen LogP contribution in [0.15, 0.2) is 127 Å². The SMILES string of the molecule is O=C(NCCc1cccc2c(OCc3ccccc3)cccc12)C(c1ccccc1)c1ccccc1. The summed E-state index contributed by atoms with van der Waals surface area (Å²) in [5.74, 6) is 0.549. The van der Waals surface area contributed by atoms with Crippen molar-refractivity contribution in [2.24, 2.45) is 0 Å². The fourth-order valence-corrected chi connectivity index (χ4v) is 4.63. The number of ether oxygens (including phenoxy) is 1. The van der Waals surface area contributed by atoms with Gasteiger partial charge in [0.05, 0.1) is 5.92 Å². The summed E-state index contributed by atoms with van der Waals surface area (Å²) >= 11 is 0. The molecule has 178 valence electrons. The number of amides is 1. The van der Waals surface area contributed by atoms with Crippen LogP contribution in [0.5, 0.6) is 5.75 Å². The van der Waals surface area contributed by atoms with Crippen LogP contribution in [0.4, 0.5) is 0 Å². The molecular weight excluding hydrogens is 442 g/mol. The van der Waals surface area contributed by atoms with E-state index in [1.807, 2.05) is 91.0 Å². The van der Waals surface area contributed by atoms with Crippen LogP contribution in [0, 0.1) is 0 Å². The van der Waals surface area contributed by atoms with Crippen molar-refractivity contribution in [2.75, 3.05) is 6.54 Å². The van der Waals surface area contributed by atoms with Crippen LogP contribution in [0.25, 0.3) is 10.8 Å². The molecule has 3 nitrogen and oxygen atoms in total. The minimum Gasteiger partial charge on any atom is -0.488 e. The molecule has 0 saturated heterocycles. The third-order valence-corrected chi connectivity index (χ3v) is 6.43. The predicted molar refractivity (Wildman–Crippen MR) is 146 cm³/mol. The monoisotopic (exact) mass is 471 g/mol. The van der Waals surface area contributed by atoms with E-state index in [9.17, 15) is 4.79 Å². The molecule has 0 atom stereocenters. The lowest BCUT2D eigenvalue weighted by Crippen LogP contribution is -2.31. The molecule has 0 bridgehead atoms. The van der Waals surface area contributed by atoms with Gasteiger partial charge in [0.25, 0.3) is 0 Å². The average Bonchev–Trinajstić information content (AvgIpc) is 2.94. The number of hydrogen-bond donors (Lipinski definition) is 1. The molecule has 0 spiro atoms. The van der Waals surface area contributed by atoms with Crippen molar-refractivity contribution in [1.82, 2.24) is 5.32 Å². The number of rotatable bonds is 9. The zero-order valence-electron chi connectivity index (χ0n) is 20.1. The molecule has 5 rings (SSSR count). The third-order valence-electron chi connectivity index (χ3n) is 6.43. The number of carbonyl (C=O) groups is 1. The van der Waals surface area contributed by atoms with E-state index in [2.05, 4.69) is 41.7 Å². The summed E-state index contributed by atoms with van der Waals surface area (Å²) in [5.41, 5.74) is 4.31. The first-order chi connectivity index (χ1) is 17.8. The topological polar surface area (TPSA) is 38.3 Å². The summed E-state index contributed by atoms with van der Waals surface area (Å²) in [7, 11) is 0. The molecule has 0 fully saturated rings. The molecule has 0 aliphatic rings. The van der Waals surface area contributed by atoms with Crippen molar-refractivity contribution in [2.45, 2.75) is 18.9 Å². The first-order valence-corrected chi connectivity index (χ1v) is 12.3. The van der Waals surface area contributed by atoms with Crippen molar-refractivity contribution >= 4 is 16.7 Å². The van der Waals surface area contributed by atoms with Crippen molar-refractivity contribution in [3.63, 3.8) is 0 Å². The summed E-state index contributed by atoms with van der Waals surface area (Å²) in [5, 5.41) is 5.42. The van der Waals surface area contributed by atoms with Crippen LogP contribution in [0.3, 0.4) is 0 Å². The molecule has 5 aromatic rings. The van der Waals surface area contributed by atoms with Gasteiger partial charge < -0.3 is 10.1 Å². The van der Waals surface area contributed by atoms with Gasteiger partial charge in [0.15, 0.2) is 0 Å². The molecule has 0 aliphatic carbocycles. The smallest absolute Gasteiger partial charge is 0.232 e. The maximum absolute atomic E-state index is 13.3. The van der Waals surface area contributed by atoms with E-state index >= 15 is 0 Å². The van der Waals surface area contributed by atoms with E-state index < -0.39 is 0 Å². The van der Waals surface area contributed by atoms with Crippen LogP contribution < -0.4 is 10.1 Å². The van der Waals surface area contributed by atoms with Crippen molar-refractivity contribution < 1.29 is 9.53 Å². The summed E-state index contributed by atoms with van der Waals surface area (Å²) < 4.78 is 6.16. The lowest BCUT2D eigenvalue weighted by Gasteiger charge is -2.18. The molecule has 3 heteroatoms. The molecule has 5 aromatic carbocycles. The van der Waals surface area contributed by atoms with E-state index in [1.54, 1.807) is 0 Å². The zero-order chi connectivity index (χ0) is 24.6. The number of carbonyl (C=O) groups excluding carboxylic acids is 1. The summed E-state index contributed by atoms with van der Waals surface area (Å²) in [6.45, 7) is 1.09. The summed E-state index contributed by atoms with van der Waals surface area (Å²) in [6.07, 6.45) is 0.738. The Morgan fingerprint density at radius 3 is 1.89 bits per heavy atom. The fraction of sp³-hybridized carbons (Fsp3) is 0.121. The largest absolute Gasteiger partial charge is 0.488 e. The average molecular weight is 472 g/mol. The van der Waals surface area contributed by atoms with Crippen LogP contribution in [-0.2, 0) is 17.8 Å². The number of benzene rings is 5. The molecule has 1 amide bonds.